The molecule has 2 aromatic rings. The molecule has 0 saturated carbocycles. The van der Waals surface area contributed by atoms with Crippen LogP contribution in [0.4, 0.5) is 0 Å². The molecule has 5 nitrogen and oxygen atoms in total. The monoisotopic (exact) mass is 312 g/mol. The van der Waals surface area contributed by atoms with Crippen LogP contribution in [0.5, 0.6) is 0 Å². The Morgan fingerprint density at radius 1 is 1.00 bits per heavy atom. The molecule has 0 heterocycles. The van der Waals surface area contributed by atoms with Crippen molar-refractivity contribution in [1.29, 1.82) is 0 Å². The number of carbonyl (C=O) groups is 2. The number of aliphatic hydroxyl groups is 1. The molecule has 2 aromatic carbocycles. The van der Waals surface area contributed by atoms with Gasteiger partial charge in [0.2, 0.25) is 5.91 Å². The van der Waals surface area contributed by atoms with Gasteiger partial charge < -0.3 is 16.2 Å². The van der Waals surface area contributed by atoms with E-state index in [1.54, 1.807) is 24.3 Å². The molecule has 0 bridgehead atoms. The molecule has 5 heteroatoms. The van der Waals surface area contributed by atoms with E-state index in [2.05, 4.69) is 5.32 Å². The van der Waals surface area contributed by atoms with Gasteiger partial charge in [-0.1, -0.05) is 60.7 Å². The lowest BCUT2D eigenvalue weighted by Gasteiger charge is -2.22. The molecule has 2 rings (SSSR count). The zero-order chi connectivity index (χ0) is 16.7. The Morgan fingerprint density at radius 2 is 1.57 bits per heavy atom. The topological polar surface area (TPSA) is 92.4 Å². The number of Topliss-reactive ketones (excluding diaryl/α,β-unsaturated/α-hetero) is 1. The fourth-order valence-corrected chi connectivity index (χ4v) is 2.31. The molecule has 0 aliphatic carbocycles. The Bertz CT molecular complexity index is 644. The third-order valence-electron chi connectivity index (χ3n) is 3.59. The minimum atomic E-state index is -1.36. The van der Waals surface area contributed by atoms with Crippen molar-refractivity contribution >= 4 is 11.7 Å². The minimum Gasteiger partial charge on any atom is -0.382 e. The molecular formula is C18H20N2O3. The van der Waals surface area contributed by atoms with Gasteiger partial charge in [-0.25, -0.2) is 0 Å². The molecule has 120 valence electrons. The average Bonchev–Trinajstić information content (AvgIpc) is 2.59. The number of nitrogens with two attached hydrogens (primary N) is 1. The van der Waals surface area contributed by atoms with E-state index in [1.165, 1.54) is 0 Å². The van der Waals surface area contributed by atoms with E-state index in [0.29, 0.717) is 12.0 Å². The van der Waals surface area contributed by atoms with E-state index >= 15 is 0 Å². The zero-order valence-electron chi connectivity index (χ0n) is 12.7. The van der Waals surface area contributed by atoms with Gasteiger partial charge in [-0.3, -0.25) is 9.59 Å². The Kier molecular flexibility index (Phi) is 6.02. The van der Waals surface area contributed by atoms with Crippen molar-refractivity contribution in [2.75, 3.05) is 6.54 Å². The number of hydrogen-bond acceptors (Lipinski definition) is 4. The molecule has 0 radical (unpaired) electrons. The molecule has 2 atom stereocenters. The highest BCUT2D eigenvalue weighted by Crippen LogP contribution is 2.07. The van der Waals surface area contributed by atoms with Crippen molar-refractivity contribution in [3.05, 3.63) is 71.8 Å². The van der Waals surface area contributed by atoms with Gasteiger partial charge in [0, 0.05) is 11.6 Å². The van der Waals surface area contributed by atoms with Crippen molar-refractivity contribution in [3.63, 3.8) is 0 Å². The highest BCUT2D eigenvalue weighted by atomic mass is 16.3. The van der Waals surface area contributed by atoms with Crippen molar-refractivity contribution in [1.82, 2.24) is 5.32 Å². The van der Waals surface area contributed by atoms with Crippen LogP contribution in [-0.4, -0.2) is 35.5 Å². The number of ketones is 1. The fraction of sp³-hybridized carbons (Fsp3) is 0.222. The summed E-state index contributed by atoms with van der Waals surface area (Å²) in [5, 5.41) is 12.9. The lowest BCUT2D eigenvalue weighted by atomic mass is 10.0. The van der Waals surface area contributed by atoms with Gasteiger partial charge in [-0.05, 0) is 12.0 Å². The first kappa shape index (κ1) is 16.9. The number of benzene rings is 2. The van der Waals surface area contributed by atoms with Crippen LogP contribution in [0.15, 0.2) is 60.7 Å². The van der Waals surface area contributed by atoms with Gasteiger partial charge in [-0.2, -0.15) is 0 Å². The Morgan fingerprint density at radius 3 is 2.13 bits per heavy atom. The maximum atomic E-state index is 12.1. The van der Waals surface area contributed by atoms with Crippen molar-refractivity contribution < 1.29 is 14.7 Å². The first-order chi connectivity index (χ1) is 11.1. The maximum Gasteiger partial charge on any atom is 0.247 e. The highest BCUT2D eigenvalue weighted by Gasteiger charge is 2.24. The van der Waals surface area contributed by atoms with Crippen LogP contribution in [0.3, 0.4) is 0 Å². The van der Waals surface area contributed by atoms with Gasteiger partial charge in [0.05, 0.1) is 6.54 Å². The van der Waals surface area contributed by atoms with Gasteiger partial charge in [0.1, 0.15) is 6.10 Å². The largest absolute Gasteiger partial charge is 0.382 e. The minimum absolute atomic E-state index is 0.0197. The highest BCUT2D eigenvalue weighted by molar-refractivity contribution is 5.97. The molecule has 1 amide bonds. The average molecular weight is 312 g/mol. The van der Waals surface area contributed by atoms with Gasteiger partial charge in [0.15, 0.2) is 5.78 Å². The Labute approximate surface area is 135 Å². The molecule has 0 spiro atoms. The second kappa shape index (κ2) is 8.22. The summed E-state index contributed by atoms with van der Waals surface area (Å²) >= 11 is 0. The number of rotatable bonds is 8. The van der Waals surface area contributed by atoms with Gasteiger partial charge in [0.25, 0.3) is 0 Å². The third-order valence-corrected chi connectivity index (χ3v) is 3.59. The lowest BCUT2D eigenvalue weighted by Crippen LogP contribution is -2.49. The summed E-state index contributed by atoms with van der Waals surface area (Å²) in [5.41, 5.74) is 6.71. The summed E-state index contributed by atoms with van der Waals surface area (Å²) in [4.78, 5) is 23.4. The molecule has 0 aromatic heterocycles. The smallest absolute Gasteiger partial charge is 0.247 e. The second-order valence-electron chi connectivity index (χ2n) is 5.31. The van der Waals surface area contributed by atoms with E-state index in [-0.39, 0.29) is 12.3 Å². The standard InChI is InChI=1S/C18H20N2O3/c19-18(23)17(22)15(11-13-7-3-1-4-8-13)20-12-16(21)14-9-5-2-6-10-14/h1-10,15,17,20,22H,11-12H2,(H2,19,23)/t15-,17+/m0/s1. The van der Waals surface area contributed by atoms with Crippen LogP contribution < -0.4 is 11.1 Å². The maximum absolute atomic E-state index is 12.1. The van der Waals surface area contributed by atoms with E-state index in [4.69, 9.17) is 5.73 Å². The lowest BCUT2D eigenvalue weighted by molar-refractivity contribution is -0.127. The number of hydrogen-bond donors (Lipinski definition) is 3. The summed E-state index contributed by atoms with van der Waals surface area (Å²) < 4.78 is 0. The van der Waals surface area contributed by atoms with E-state index in [9.17, 15) is 14.7 Å². The molecular weight excluding hydrogens is 292 g/mol. The zero-order valence-corrected chi connectivity index (χ0v) is 12.7. The summed E-state index contributed by atoms with van der Waals surface area (Å²) in [7, 11) is 0. The number of aliphatic hydroxyl groups excluding tert-OH is 1. The first-order valence-electron chi connectivity index (χ1n) is 7.41. The van der Waals surface area contributed by atoms with Crippen molar-refractivity contribution in [3.8, 4) is 0 Å². The number of amides is 1. The predicted molar refractivity (Wildman–Crippen MR) is 87.9 cm³/mol. The Balaban J connectivity index is 2.03. The first-order valence-corrected chi connectivity index (χ1v) is 7.41. The van der Waals surface area contributed by atoms with Crippen LogP contribution in [0.25, 0.3) is 0 Å². The van der Waals surface area contributed by atoms with Crippen LogP contribution in [0.2, 0.25) is 0 Å². The summed E-state index contributed by atoms with van der Waals surface area (Å²) in [6.07, 6.45) is -0.966. The molecule has 0 aliphatic rings. The van der Waals surface area contributed by atoms with Crippen molar-refractivity contribution in [2.45, 2.75) is 18.6 Å². The van der Waals surface area contributed by atoms with Crippen LogP contribution in [0, 0.1) is 0 Å². The van der Waals surface area contributed by atoms with Gasteiger partial charge >= 0.3 is 0 Å². The Hall–Kier alpha value is -2.50. The quantitative estimate of drug-likeness (QED) is 0.632. The van der Waals surface area contributed by atoms with Crippen LogP contribution in [-0.2, 0) is 11.2 Å². The number of nitrogens with one attached hydrogen (secondary N) is 1. The number of carbonyl (C=O) groups excluding carboxylic acids is 2. The van der Waals surface area contributed by atoms with E-state index in [1.807, 2.05) is 36.4 Å². The van der Waals surface area contributed by atoms with Gasteiger partial charge in [-0.15, -0.1) is 0 Å². The molecule has 0 unspecified atom stereocenters. The van der Waals surface area contributed by atoms with E-state index < -0.39 is 18.1 Å². The normalized spacial score (nSPS) is 13.3. The second-order valence-corrected chi connectivity index (χ2v) is 5.31. The van der Waals surface area contributed by atoms with Crippen molar-refractivity contribution in [2.24, 2.45) is 5.73 Å². The molecule has 0 saturated heterocycles. The van der Waals surface area contributed by atoms with Crippen LogP contribution in [0.1, 0.15) is 15.9 Å². The predicted octanol–water partition coefficient (Wildman–Crippen LogP) is 0.916. The SMILES string of the molecule is NC(=O)[C@H](O)[C@H](Cc1ccccc1)NCC(=O)c1ccccc1. The molecule has 0 aliphatic heterocycles. The summed E-state index contributed by atoms with van der Waals surface area (Å²) in [6.45, 7) is 0.0197. The van der Waals surface area contributed by atoms with Crippen LogP contribution >= 0.6 is 0 Å². The molecule has 4 N–H and O–H groups in total. The molecule has 0 fully saturated rings. The summed E-state index contributed by atoms with van der Waals surface area (Å²) in [5.74, 6) is -0.925. The fourth-order valence-electron chi connectivity index (χ4n) is 2.31. The third kappa shape index (κ3) is 5.02. The molecule has 23 heavy (non-hydrogen) atoms. The number of primary amides is 1. The summed E-state index contributed by atoms with van der Waals surface area (Å²) in [6, 6.07) is 17.6. The van der Waals surface area contributed by atoms with E-state index in [0.717, 1.165) is 5.56 Å².